The van der Waals surface area contributed by atoms with Crippen molar-refractivity contribution in [2.75, 3.05) is 36.8 Å². The van der Waals surface area contributed by atoms with Crippen molar-refractivity contribution in [1.82, 2.24) is 14.8 Å². The number of carboxylic acid groups (broad SMARTS) is 1. The van der Waals surface area contributed by atoms with Crippen molar-refractivity contribution in [3.05, 3.63) is 54.1 Å². The molecule has 0 aliphatic carbocycles. The Hall–Kier alpha value is -3.20. The number of urea groups is 1. The van der Waals surface area contributed by atoms with Crippen LogP contribution in [-0.4, -0.2) is 58.2 Å². The van der Waals surface area contributed by atoms with Gasteiger partial charge in [-0.3, -0.25) is 9.88 Å². The van der Waals surface area contributed by atoms with Crippen molar-refractivity contribution >= 4 is 23.5 Å². The van der Waals surface area contributed by atoms with Crippen LogP contribution in [0.4, 0.5) is 25.4 Å². The number of pyridine rings is 1. The molecule has 1 aliphatic heterocycles. The van der Waals surface area contributed by atoms with Crippen molar-refractivity contribution in [3.8, 4) is 0 Å². The van der Waals surface area contributed by atoms with E-state index in [2.05, 4.69) is 15.6 Å². The molecule has 3 N–H and O–H groups in total. The van der Waals surface area contributed by atoms with Gasteiger partial charge in [0, 0.05) is 44.6 Å². The molecule has 8 nitrogen and oxygen atoms in total. The number of aromatic nitrogens is 1. The summed E-state index contributed by atoms with van der Waals surface area (Å²) in [4.78, 5) is 30.3. The van der Waals surface area contributed by atoms with E-state index in [1.54, 1.807) is 24.4 Å². The van der Waals surface area contributed by atoms with Crippen LogP contribution in [0.25, 0.3) is 0 Å². The lowest BCUT2D eigenvalue weighted by Crippen LogP contribution is -2.47. The molecule has 142 valence electrons. The number of anilines is 2. The van der Waals surface area contributed by atoms with E-state index in [1.807, 2.05) is 4.90 Å². The molecule has 0 bridgehead atoms. The molecule has 3 rings (SSSR count). The number of nitrogens with zero attached hydrogens (tertiary/aromatic N) is 3. The first-order valence-electron chi connectivity index (χ1n) is 8.47. The Morgan fingerprint density at radius 3 is 2.52 bits per heavy atom. The smallest absolute Gasteiger partial charge is 0.407 e. The lowest BCUT2D eigenvalue weighted by molar-refractivity contribution is 0.103. The highest BCUT2D eigenvalue weighted by molar-refractivity contribution is 5.99. The summed E-state index contributed by atoms with van der Waals surface area (Å²) < 4.78 is 13.9. The largest absolute Gasteiger partial charge is 0.465 e. The number of piperazine rings is 1. The maximum atomic E-state index is 13.9. The Labute approximate surface area is 155 Å². The van der Waals surface area contributed by atoms with E-state index in [-0.39, 0.29) is 0 Å². The van der Waals surface area contributed by atoms with Crippen molar-refractivity contribution in [3.63, 3.8) is 0 Å². The van der Waals surface area contributed by atoms with Crippen LogP contribution in [0, 0.1) is 5.82 Å². The third-order valence-corrected chi connectivity index (χ3v) is 4.18. The number of halogens is 1. The minimum Gasteiger partial charge on any atom is -0.465 e. The second-order valence-corrected chi connectivity index (χ2v) is 6.21. The Morgan fingerprint density at radius 1 is 1.11 bits per heavy atom. The Bertz CT molecular complexity index is 810. The first-order valence-corrected chi connectivity index (χ1v) is 8.47. The molecule has 0 radical (unpaired) electrons. The van der Waals surface area contributed by atoms with Crippen LogP contribution in [0.5, 0.6) is 0 Å². The van der Waals surface area contributed by atoms with Gasteiger partial charge in [-0.05, 0) is 35.9 Å². The van der Waals surface area contributed by atoms with Gasteiger partial charge in [-0.15, -0.1) is 0 Å². The Balaban J connectivity index is 1.59. The lowest BCUT2D eigenvalue weighted by Gasteiger charge is -2.33. The number of carbonyl (C=O) groups excluding carboxylic acids is 1. The summed E-state index contributed by atoms with van der Waals surface area (Å²) in [5, 5.41) is 14.2. The fourth-order valence-electron chi connectivity index (χ4n) is 2.90. The number of rotatable bonds is 4. The molecule has 1 aromatic carbocycles. The van der Waals surface area contributed by atoms with Crippen LogP contribution < -0.4 is 10.6 Å². The summed E-state index contributed by atoms with van der Waals surface area (Å²) in [5.41, 5.74) is 1.58. The third-order valence-electron chi connectivity index (χ3n) is 4.18. The van der Waals surface area contributed by atoms with E-state index in [0.717, 1.165) is 0 Å². The van der Waals surface area contributed by atoms with E-state index in [4.69, 9.17) is 5.11 Å². The molecule has 0 spiro atoms. The van der Waals surface area contributed by atoms with E-state index in [9.17, 15) is 14.0 Å². The molecule has 0 saturated carbocycles. The van der Waals surface area contributed by atoms with Crippen LogP contribution in [0.2, 0.25) is 0 Å². The maximum Gasteiger partial charge on any atom is 0.407 e. The minimum atomic E-state index is -0.925. The molecular formula is C18H20FN5O3. The zero-order valence-electron chi connectivity index (χ0n) is 14.6. The molecule has 1 fully saturated rings. The first kappa shape index (κ1) is 18.6. The molecule has 1 saturated heterocycles. The Morgan fingerprint density at radius 2 is 1.85 bits per heavy atom. The average molecular weight is 373 g/mol. The molecule has 2 heterocycles. The molecule has 0 unspecified atom stereocenters. The summed E-state index contributed by atoms with van der Waals surface area (Å²) in [6, 6.07) is 7.26. The average Bonchev–Trinajstić information content (AvgIpc) is 2.62. The van der Waals surface area contributed by atoms with Gasteiger partial charge in [0.25, 0.3) is 0 Å². The maximum absolute atomic E-state index is 13.9. The highest BCUT2D eigenvalue weighted by atomic mass is 19.1. The van der Waals surface area contributed by atoms with Gasteiger partial charge in [0.1, 0.15) is 5.82 Å². The molecule has 9 heteroatoms. The quantitative estimate of drug-likeness (QED) is 0.765. The van der Waals surface area contributed by atoms with Gasteiger partial charge < -0.3 is 20.6 Å². The van der Waals surface area contributed by atoms with Crippen LogP contribution in [0.1, 0.15) is 5.56 Å². The predicted molar refractivity (Wildman–Crippen MR) is 98.2 cm³/mol. The molecule has 1 aromatic heterocycles. The summed E-state index contributed by atoms with van der Waals surface area (Å²) in [7, 11) is 0. The summed E-state index contributed by atoms with van der Waals surface area (Å²) in [5.74, 6) is -0.451. The highest BCUT2D eigenvalue weighted by Gasteiger charge is 2.20. The topological polar surface area (TPSA) is 97.8 Å². The minimum absolute atomic E-state index is 0.343. The van der Waals surface area contributed by atoms with Crippen LogP contribution >= 0.6 is 0 Å². The number of nitrogens with one attached hydrogen (secondary N) is 2. The van der Waals surface area contributed by atoms with Crippen LogP contribution in [0.3, 0.4) is 0 Å². The van der Waals surface area contributed by atoms with Gasteiger partial charge in [-0.1, -0.05) is 0 Å². The number of hydrogen-bond acceptors (Lipinski definition) is 4. The van der Waals surface area contributed by atoms with E-state index >= 15 is 0 Å². The van der Waals surface area contributed by atoms with Crippen molar-refractivity contribution in [2.24, 2.45) is 0 Å². The van der Waals surface area contributed by atoms with E-state index < -0.39 is 17.9 Å². The molecule has 27 heavy (non-hydrogen) atoms. The van der Waals surface area contributed by atoms with Crippen LogP contribution in [-0.2, 0) is 6.54 Å². The fraction of sp³-hybridized carbons (Fsp3) is 0.278. The molecule has 1 aliphatic rings. The lowest BCUT2D eigenvalue weighted by atomic mass is 10.1. The molecule has 0 atom stereocenters. The fourth-order valence-corrected chi connectivity index (χ4v) is 2.90. The molecule has 2 aromatic rings. The third kappa shape index (κ3) is 5.38. The zero-order valence-corrected chi connectivity index (χ0v) is 14.6. The second-order valence-electron chi connectivity index (χ2n) is 6.21. The Kier molecular flexibility index (Phi) is 5.82. The summed E-state index contributed by atoms with van der Waals surface area (Å²) in [6.45, 7) is 2.47. The van der Waals surface area contributed by atoms with Crippen molar-refractivity contribution in [1.29, 1.82) is 0 Å². The van der Waals surface area contributed by atoms with Gasteiger partial charge >= 0.3 is 12.1 Å². The normalized spacial score (nSPS) is 14.6. The number of amides is 3. The molecule has 3 amide bonds. The van der Waals surface area contributed by atoms with Crippen molar-refractivity contribution in [2.45, 2.75) is 6.54 Å². The summed E-state index contributed by atoms with van der Waals surface area (Å²) in [6.07, 6.45) is 2.18. The zero-order chi connectivity index (χ0) is 19.2. The van der Waals surface area contributed by atoms with Gasteiger partial charge in [0.2, 0.25) is 0 Å². The second kappa shape index (κ2) is 8.45. The predicted octanol–water partition coefficient (Wildman–Crippen LogP) is 2.66. The number of carbonyl (C=O) groups is 2. The number of hydrogen-bond donors (Lipinski definition) is 3. The van der Waals surface area contributed by atoms with E-state index in [1.165, 1.54) is 23.2 Å². The van der Waals surface area contributed by atoms with Gasteiger partial charge in [-0.25, -0.2) is 14.0 Å². The van der Waals surface area contributed by atoms with Gasteiger partial charge in [0.15, 0.2) is 0 Å². The van der Waals surface area contributed by atoms with E-state index in [0.29, 0.717) is 49.7 Å². The SMILES string of the molecule is O=C(Nc1cccnc1)Nc1cc(F)cc(CN2CCN(C(=O)O)CC2)c1. The molecular weight excluding hydrogens is 353 g/mol. The van der Waals surface area contributed by atoms with Crippen LogP contribution in [0.15, 0.2) is 42.7 Å². The van der Waals surface area contributed by atoms with Gasteiger partial charge in [-0.2, -0.15) is 0 Å². The highest BCUT2D eigenvalue weighted by Crippen LogP contribution is 2.17. The number of benzene rings is 1. The van der Waals surface area contributed by atoms with Crippen molar-refractivity contribution < 1.29 is 19.1 Å². The first-order chi connectivity index (χ1) is 13.0. The van der Waals surface area contributed by atoms with Gasteiger partial charge in [0.05, 0.1) is 11.9 Å². The monoisotopic (exact) mass is 373 g/mol. The summed E-state index contributed by atoms with van der Waals surface area (Å²) >= 11 is 0. The standard InChI is InChI=1S/C18H20FN5O3/c19-14-8-13(12-23-4-6-24(7-5-23)18(26)27)9-16(10-14)22-17(25)21-15-2-1-3-20-11-15/h1-3,8-11H,4-7,12H2,(H,26,27)(H2,21,22,25).